The van der Waals surface area contributed by atoms with Crippen molar-refractivity contribution in [2.75, 3.05) is 6.61 Å². The van der Waals surface area contributed by atoms with Crippen LogP contribution in [-0.2, 0) is 12.8 Å². The second-order valence-electron chi connectivity index (χ2n) is 4.51. The second kappa shape index (κ2) is 4.58. The Labute approximate surface area is 101 Å². The van der Waals surface area contributed by atoms with Gasteiger partial charge in [-0.3, -0.25) is 4.98 Å². The number of benzene rings is 1. The first-order valence-electron chi connectivity index (χ1n) is 6.02. The van der Waals surface area contributed by atoms with Crippen molar-refractivity contribution >= 4 is 0 Å². The van der Waals surface area contributed by atoms with Crippen LogP contribution in [0.15, 0.2) is 48.7 Å². The van der Waals surface area contributed by atoms with E-state index in [9.17, 15) is 0 Å². The number of hydrogen-bond acceptors (Lipinski definition) is 2. The Balaban J connectivity index is 1.72. The highest BCUT2D eigenvalue weighted by molar-refractivity contribution is 5.35. The van der Waals surface area contributed by atoms with Crippen LogP contribution in [0.1, 0.15) is 11.3 Å². The number of pyridine rings is 1. The van der Waals surface area contributed by atoms with E-state index in [2.05, 4.69) is 23.2 Å². The lowest BCUT2D eigenvalue weighted by molar-refractivity contribution is 0.220. The Morgan fingerprint density at radius 2 is 2.00 bits per heavy atom. The van der Waals surface area contributed by atoms with Crippen LogP contribution < -0.4 is 4.74 Å². The van der Waals surface area contributed by atoms with E-state index in [0.29, 0.717) is 5.92 Å². The molecule has 2 aromatic rings. The van der Waals surface area contributed by atoms with Crippen LogP contribution >= 0.6 is 0 Å². The molecule has 1 aliphatic rings. The molecule has 86 valence electrons. The minimum absolute atomic E-state index is 0.541. The van der Waals surface area contributed by atoms with Gasteiger partial charge in [-0.15, -0.1) is 0 Å². The number of aromatic nitrogens is 1. The lowest BCUT2D eigenvalue weighted by atomic mass is 9.93. The predicted octanol–water partition coefficient (Wildman–Crippen LogP) is 2.88. The third kappa shape index (κ3) is 2.31. The highest BCUT2D eigenvalue weighted by Crippen LogP contribution is 2.28. The van der Waals surface area contributed by atoms with Crippen molar-refractivity contribution in [2.45, 2.75) is 12.8 Å². The summed E-state index contributed by atoms with van der Waals surface area (Å²) in [6.45, 7) is 0.799. The van der Waals surface area contributed by atoms with Gasteiger partial charge in [0.15, 0.2) is 0 Å². The Kier molecular flexibility index (Phi) is 2.78. The Morgan fingerprint density at radius 1 is 1.12 bits per heavy atom. The SMILES string of the molecule is c1ccc(C[C@@H]2COc3ccccc3C2)nc1. The van der Waals surface area contributed by atoms with Crippen LogP contribution in [0.25, 0.3) is 0 Å². The molecule has 0 spiro atoms. The number of ether oxygens (including phenoxy) is 1. The molecule has 0 N–H and O–H groups in total. The standard InChI is InChI=1S/C15H15NO/c1-2-7-15-13(5-1)9-12(11-17-15)10-14-6-3-4-8-16-14/h1-8,12H,9-11H2/t12-/m1/s1. The molecule has 0 saturated carbocycles. The van der Waals surface area contributed by atoms with Crippen molar-refractivity contribution in [1.82, 2.24) is 4.98 Å². The average molecular weight is 225 g/mol. The summed E-state index contributed by atoms with van der Waals surface area (Å²) in [5, 5.41) is 0. The van der Waals surface area contributed by atoms with E-state index in [-0.39, 0.29) is 0 Å². The number of hydrogen-bond donors (Lipinski definition) is 0. The average Bonchev–Trinajstić information content (AvgIpc) is 2.40. The Hall–Kier alpha value is -1.83. The fourth-order valence-electron chi connectivity index (χ4n) is 2.34. The zero-order chi connectivity index (χ0) is 11.5. The van der Waals surface area contributed by atoms with Gasteiger partial charge in [-0.1, -0.05) is 24.3 Å². The first-order valence-corrected chi connectivity index (χ1v) is 6.02. The van der Waals surface area contributed by atoms with Gasteiger partial charge < -0.3 is 4.74 Å². The van der Waals surface area contributed by atoms with Crippen LogP contribution in [0.2, 0.25) is 0 Å². The molecule has 17 heavy (non-hydrogen) atoms. The fraction of sp³-hybridized carbons (Fsp3) is 0.267. The summed E-state index contributed by atoms with van der Waals surface area (Å²) in [4.78, 5) is 4.37. The summed E-state index contributed by atoms with van der Waals surface area (Å²) in [5.41, 5.74) is 2.47. The molecule has 0 fully saturated rings. The van der Waals surface area contributed by atoms with Crippen LogP contribution in [0.4, 0.5) is 0 Å². The molecule has 2 heteroatoms. The maximum atomic E-state index is 5.78. The van der Waals surface area contributed by atoms with Gasteiger partial charge in [0.1, 0.15) is 5.75 Å². The zero-order valence-corrected chi connectivity index (χ0v) is 9.67. The third-order valence-electron chi connectivity index (χ3n) is 3.18. The van der Waals surface area contributed by atoms with Crippen molar-refractivity contribution in [1.29, 1.82) is 0 Å². The highest BCUT2D eigenvalue weighted by Gasteiger charge is 2.19. The van der Waals surface area contributed by atoms with E-state index in [4.69, 9.17) is 4.74 Å². The molecule has 0 unspecified atom stereocenters. The molecule has 1 aliphatic heterocycles. The molecule has 0 radical (unpaired) electrons. The summed E-state index contributed by atoms with van der Waals surface area (Å²) in [6.07, 6.45) is 3.94. The molecule has 0 aliphatic carbocycles. The summed E-state index contributed by atoms with van der Waals surface area (Å²) < 4.78 is 5.78. The predicted molar refractivity (Wildman–Crippen MR) is 67.1 cm³/mol. The minimum Gasteiger partial charge on any atom is -0.493 e. The largest absolute Gasteiger partial charge is 0.493 e. The first kappa shape index (κ1) is 10.3. The van der Waals surface area contributed by atoms with Gasteiger partial charge >= 0.3 is 0 Å². The van der Waals surface area contributed by atoms with E-state index in [1.807, 2.05) is 30.5 Å². The first-order chi connectivity index (χ1) is 8.42. The normalized spacial score (nSPS) is 18.2. The number of fused-ring (bicyclic) bond motifs is 1. The molecule has 1 aromatic carbocycles. The quantitative estimate of drug-likeness (QED) is 0.784. The topological polar surface area (TPSA) is 22.1 Å². The molecule has 2 heterocycles. The molecular weight excluding hydrogens is 210 g/mol. The lowest BCUT2D eigenvalue weighted by Gasteiger charge is -2.24. The minimum atomic E-state index is 0.541. The van der Waals surface area contributed by atoms with Gasteiger partial charge in [-0.25, -0.2) is 0 Å². The molecule has 1 atom stereocenters. The van der Waals surface area contributed by atoms with Gasteiger partial charge in [0.05, 0.1) is 6.61 Å². The van der Waals surface area contributed by atoms with Gasteiger partial charge in [0.25, 0.3) is 0 Å². The number of nitrogens with zero attached hydrogens (tertiary/aromatic N) is 1. The summed E-state index contributed by atoms with van der Waals surface area (Å²) in [6, 6.07) is 14.4. The van der Waals surface area contributed by atoms with Crippen molar-refractivity contribution in [3.63, 3.8) is 0 Å². The molecule has 0 bridgehead atoms. The Morgan fingerprint density at radius 3 is 2.88 bits per heavy atom. The Bertz CT molecular complexity index is 495. The maximum Gasteiger partial charge on any atom is 0.122 e. The van der Waals surface area contributed by atoms with Gasteiger partial charge in [0, 0.05) is 17.8 Å². The highest BCUT2D eigenvalue weighted by atomic mass is 16.5. The molecular formula is C15H15NO. The van der Waals surface area contributed by atoms with E-state index in [1.165, 1.54) is 5.56 Å². The maximum absolute atomic E-state index is 5.78. The second-order valence-corrected chi connectivity index (χ2v) is 4.51. The molecule has 3 rings (SSSR count). The van der Waals surface area contributed by atoms with Crippen molar-refractivity contribution < 1.29 is 4.74 Å². The summed E-state index contributed by atoms with van der Waals surface area (Å²) in [5.74, 6) is 1.59. The molecule has 1 aromatic heterocycles. The smallest absolute Gasteiger partial charge is 0.122 e. The van der Waals surface area contributed by atoms with E-state index < -0.39 is 0 Å². The van der Waals surface area contributed by atoms with Crippen LogP contribution in [0.3, 0.4) is 0 Å². The number of rotatable bonds is 2. The summed E-state index contributed by atoms with van der Waals surface area (Å²) >= 11 is 0. The molecule has 0 saturated heterocycles. The lowest BCUT2D eigenvalue weighted by Crippen LogP contribution is -2.23. The van der Waals surface area contributed by atoms with Gasteiger partial charge in [-0.2, -0.15) is 0 Å². The van der Waals surface area contributed by atoms with E-state index in [1.54, 1.807) is 0 Å². The van der Waals surface area contributed by atoms with Gasteiger partial charge in [-0.05, 0) is 36.6 Å². The third-order valence-corrected chi connectivity index (χ3v) is 3.18. The fourth-order valence-corrected chi connectivity index (χ4v) is 2.34. The summed E-state index contributed by atoms with van der Waals surface area (Å²) in [7, 11) is 0. The van der Waals surface area contributed by atoms with Crippen LogP contribution in [-0.4, -0.2) is 11.6 Å². The number of para-hydroxylation sites is 1. The van der Waals surface area contributed by atoms with E-state index >= 15 is 0 Å². The van der Waals surface area contributed by atoms with Crippen molar-refractivity contribution in [3.8, 4) is 5.75 Å². The van der Waals surface area contributed by atoms with Crippen molar-refractivity contribution in [2.24, 2.45) is 5.92 Å². The van der Waals surface area contributed by atoms with Crippen molar-refractivity contribution in [3.05, 3.63) is 59.9 Å². The zero-order valence-electron chi connectivity index (χ0n) is 9.67. The molecule has 2 nitrogen and oxygen atoms in total. The monoisotopic (exact) mass is 225 g/mol. The van der Waals surface area contributed by atoms with E-state index in [0.717, 1.165) is 30.9 Å². The van der Waals surface area contributed by atoms with Crippen LogP contribution in [0, 0.1) is 5.92 Å². The van der Waals surface area contributed by atoms with Crippen LogP contribution in [0.5, 0.6) is 5.75 Å². The molecule has 0 amide bonds. The van der Waals surface area contributed by atoms with Gasteiger partial charge in [0.2, 0.25) is 0 Å².